The fourth-order valence-corrected chi connectivity index (χ4v) is 3.60. The van der Waals surface area contributed by atoms with Gasteiger partial charge in [-0.2, -0.15) is 0 Å². The van der Waals surface area contributed by atoms with Gasteiger partial charge in [0.05, 0.1) is 12.6 Å². The third-order valence-corrected chi connectivity index (χ3v) is 5.29. The molecule has 0 aliphatic rings. The monoisotopic (exact) mass is 433 g/mol. The van der Waals surface area contributed by atoms with Crippen molar-refractivity contribution in [3.63, 3.8) is 0 Å². The van der Waals surface area contributed by atoms with Crippen molar-refractivity contribution in [3.05, 3.63) is 83.1 Å². The first-order valence-electron chi connectivity index (χ1n) is 10.1. The van der Waals surface area contributed by atoms with Crippen LogP contribution < -0.4 is 4.74 Å². The first-order valence-corrected chi connectivity index (χ1v) is 10.1. The Balaban J connectivity index is 1.76. The van der Waals surface area contributed by atoms with E-state index in [4.69, 9.17) is 4.74 Å². The highest BCUT2D eigenvalue weighted by atomic mass is 19.1. The van der Waals surface area contributed by atoms with E-state index in [9.17, 15) is 13.6 Å². The minimum atomic E-state index is -0.811. The Morgan fingerprint density at radius 1 is 0.969 bits per heavy atom. The lowest BCUT2D eigenvalue weighted by Crippen LogP contribution is -2.01. The van der Waals surface area contributed by atoms with Crippen LogP contribution in [-0.4, -0.2) is 27.8 Å². The molecule has 4 aromatic rings. The maximum Gasteiger partial charge on any atom is 0.190 e. The highest BCUT2D eigenvalue weighted by Crippen LogP contribution is 2.34. The van der Waals surface area contributed by atoms with Gasteiger partial charge in [0, 0.05) is 24.7 Å². The molecule has 0 unspecified atom stereocenters. The standard InChI is InChI=1S/C25H21F2N3O2/c1-14(31)23-11-20(18-9-21(26)25(32-3)22(27)10-18)19-7-6-16(8-24(19)30-23)4-5-17-12-28-15(2)29-13-17/h6-13H,4-5H2,1-3H3. The molecule has 32 heavy (non-hydrogen) atoms. The SMILES string of the molecule is COc1c(F)cc(-c2cc(C(C)=O)nc3cc(CCc4cnc(C)nc4)ccc23)cc1F. The molecule has 0 fully saturated rings. The molecule has 0 N–H and O–H groups in total. The summed E-state index contributed by atoms with van der Waals surface area (Å²) in [4.78, 5) is 25.0. The summed E-state index contributed by atoms with van der Waals surface area (Å²) < 4.78 is 33.5. The van der Waals surface area contributed by atoms with Crippen molar-refractivity contribution in [3.8, 4) is 16.9 Å². The molecule has 0 saturated heterocycles. The molecule has 0 saturated carbocycles. The Kier molecular flexibility index (Phi) is 5.90. The zero-order valence-electron chi connectivity index (χ0n) is 17.9. The summed E-state index contributed by atoms with van der Waals surface area (Å²) in [7, 11) is 1.21. The fourth-order valence-electron chi connectivity index (χ4n) is 3.60. The van der Waals surface area contributed by atoms with Gasteiger partial charge in [-0.05, 0) is 66.3 Å². The van der Waals surface area contributed by atoms with Gasteiger partial charge in [0.2, 0.25) is 0 Å². The summed E-state index contributed by atoms with van der Waals surface area (Å²) in [5.74, 6) is -1.58. The van der Waals surface area contributed by atoms with E-state index >= 15 is 0 Å². The number of pyridine rings is 1. The molecule has 0 spiro atoms. The lowest BCUT2D eigenvalue weighted by Gasteiger charge is -2.12. The molecule has 0 amide bonds. The number of ketones is 1. The van der Waals surface area contributed by atoms with Crippen molar-refractivity contribution in [2.24, 2.45) is 0 Å². The smallest absolute Gasteiger partial charge is 0.190 e. The fraction of sp³-hybridized carbons (Fsp3) is 0.200. The molecule has 4 rings (SSSR count). The third kappa shape index (κ3) is 4.32. The average molecular weight is 433 g/mol. The van der Waals surface area contributed by atoms with Crippen LogP contribution in [0.1, 0.15) is 34.4 Å². The zero-order valence-corrected chi connectivity index (χ0v) is 17.9. The summed E-state index contributed by atoms with van der Waals surface area (Å²) in [5, 5.41) is 0.696. The van der Waals surface area contributed by atoms with Crippen LogP contribution in [0.25, 0.3) is 22.0 Å². The number of aromatic nitrogens is 3. The summed E-state index contributed by atoms with van der Waals surface area (Å²) in [6.07, 6.45) is 5.09. The van der Waals surface area contributed by atoms with Gasteiger partial charge in [-0.25, -0.2) is 23.7 Å². The van der Waals surface area contributed by atoms with Gasteiger partial charge in [-0.15, -0.1) is 0 Å². The highest BCUT2D eigenvalue weighted by molar-refractivity contribution is 6.01. The van der Waals surface area contributed by atoms with Gasteiger partial charge >= 0.3 is 0 Å². The summed E-state index contributed by atoms with van der Waals surface area (Å²) in [6.45, 7) is 3.25. The second kappa shape index (κ2) is 8.78. The maximum atomic E-state index is 14.3. The van der Waals surface area contributed by atoms with Crippen molar-refractivity contribution in [1.82, 2.24) is 15.0 Å². The number of carbonyl (C=O) groups is 1. The number of halogens is 2. The average Bonchev–Trinajstić information content (AvgIpc) is 2.77. The Morgan fingerprint density at radius 2 is 1.62 bits per heavy atom. The van der Waals surface area contributed by atoms with E-state index in [1.54, 1.807) is 18.5 Å². The minimum Gasteiger partial charge on any atom is -0.491 e. The lowest BCUT2D eigenvalue weighted by atomic mass is 9.96. The second-order valence-electron chi connectivity index (χ2n) is 7.57. The molecule has 2 aromatic carbocycles. The molecule has 0 atom stereocenters. The quantitative estimate of drug-likeness (QED) is 0.388. The van der Waals surface area contributed by atoms with Gasteiger partial charge in [0.1, 0.15) is 11.5 Å². The largest absolute Gasteiger partial charge is 0.491 e. The number of benzene rings is 2. The van der Waals surface area contributed by atoms with Crippen LogP contribution in [0.4, 0.5) is 8.78 Å². The number of hydrogen-bond acceptors (Lipinski definition) is 5. The number of Topliss-reactive ketones (excluding diaryl/α,β-unsaturated/α-hetero) is 1. The van der Waals surface area contributed by atoms with Crippen molar-refractivity contribution in [2.45, 2.75) is 26.7 Å². The van der Waals surface area contributed by atoms with Crippen molar-refractivity contribution in [1.29, 1.82) is 0 Å². The Hall–Kier alpha value is -3.74. The number of hydrogen-bond donors (Lipinski definition) is 0. The Bertz CT molecular complexity index is 1300. The summed E-state index contributed by atoms with van der Waals surface area (Å²) in [6, 6.07) is 9.68. The van der Waals surface area contributed by atoms with Gasteiger partial charge in [0.15, 0.2) is 23.2 Å². The predicted octanol–water partition coefficient (Wildman–Crippen LogP) is 5.27. The van der Waals surface area contributed by atoms with E-state index in [1.807, 2.05) is 25.1 Å². The Morgan fingerprint density at radius 3 is 2.25 bits per heavy atom. The zero-order chi connectivity index (χ0) is 22.8. The molecule has 2 heterocycles. The van der Waals surface area contributed by atoms with Crippen molar-refractivity contribution < 1.29 is 18.3 Å². The molecule has 0 radical (unpaired) electrons. The first-order chi connectivity index (χ1) is 15.4. The van der Waals surface area contributed by atoms with Gasteiger partial charge in [-0.1, -0.05) is 12.1 Å². The minimum absolute atomic E-state index is 0.230. The van der Waals surface area contributed by atoms with Crippen LogP contribution in [0.3, 0.4) is 0 Å². The maximum absolute atomic E-state index is 14.3. The molecule has 0 aliphatic heterocycles. The number of ether oxygens (including phenoxy) is 1. The van der Waals surface area contributed by atoms with Gasteiger partial charge in [-0.3, -0.25) is 4.79 Å². The van der Waals surface area contributed by atoms with Crippen LogP contribution in [0.2, 0.25) is 0 Å². The number of aryl methyl sites for hydroxylation is 3. The summed E-state index contributed by atoms with van der Waals surface area (Å²) in [5.41, 5.74) is 3.69. The van der Waals surface area contributed by atoms with Crippen molar-refractivity contribution in [2.75, 3.05) is 7.11 Å². The molecule has 7 heteroatoms. The number of nitrogens with zero attached hydrogens (tertiary/aromatic N) is 3. The Labute approximate surface area is 184 Å². The molecule has 0 bridgehead atoms. The molecule has 0 aliphatic carbocycles. The second-order valence-corrected chi connectivity index (χ2v) is 7.57. The van der Waals surface area contributed by atoms with Crippen LogP contribution in [-0.2, 0) is 12.8 Å². The summed E-state index contributed by atoms with van der Waals surface area (Å²) >= 11 is 0. The molecule has 5 nitrogen and oxygen atoms in total. The van der Waals surface area contributed by atoms with E-state index in [-0.39, 0.29) is 11.5 Å². The molecule has 162 valence electrons. The van der Waals surface area contributed by atoms with E-state index in [0.29, 0.717) is 22.0 Å². The third-order valence-electron chi connectivity index (χ3n) is 5.29. The molecular formula is C25H21F2N3O2. The number of fused-ring (bicyclic) bond motifs is 1. The predicted molar refractivity (Wildman–Crippen MR) is 118 cm³/mol. The van der Waals surface area contributed by atoms with E-state index in [0.717, 1.165) is 29.8 Å². The van der Waals surface area contributed by atoms with Crippen molar-refractivity contribution >= 4 is 16.7 Å². The van der Waals surface area contributed by atoms with Crippen LogP contribution >= 0.6 is 0 Å². The van der Waals surface area contributed by atoms with E-state index in [2.05, 4.69) is 15.0 Å². The van der Waals surface area contributed by atoms with Gasteiger partial charge < -0.3 is 4.74 Å². The van der Waals surface area contributed by atoms with Crippen LogP contribution in [0, 0.1) is 18.6 Å². The van der Waals surface area contributed by atoms with E-state index < -0.39 is 17.4 Å². The topological polar surface area (TPSA) is 65.0 Å². The van der Waals surface area contributed by atoms with E-state index in [1.165, 1.54) is 26.2 Å². The molecule has 2 aromatic heterocycles. The number of methoxy groups -OCH3 is 1. The van der Waals surface area contributed by atoms with Crippen LogP contribution in [0.5, 0.6) is 5.75 Å². The number of carbonyl (C=O) groups excluding carboxylic acids is 1. The lowest BCUT2D eigenvalue weighted by molar-refractivity contribution is 0.101. The first kappa shape index (κ1) is 21.5. The normalized spacial score (nSPS) is 11.0. The van der Waals surface area contributed by atoms with Crippen LogP contribution in [0.15, 0.2) is 48.8 Å². The molecular weight excluding hydrogens is 412 g/mol. The van der Waals surface area contributed by atoms with Gasteiger partial charge in [0.25, 0.3) is 0 Å². The number of rotatable bonds is 6. The highest BCUT2D eigenvalue weighted by Gasteiger charge is 2.16.